The van der Waals surface area contributed by atoms with E-state index in [0.717, 1.165) is 36.3 Å². The molecule has 2 atom stereocenters. The Bertz CT molecular complexity index is 568. The molecule has 2 unspecified atom stereocenters. The molecule has 2 aromatic heterocycles. The topological polar surface area (TPSA) is 69.8 Å². The summed E-state index contributed by atoms with van der Waals surface area (Å²) in [7, 11) is 0. The third kappa shape index (κ3) is 4.68. The molecule has 23 heavy (non-hydrogen) atoms. The Hall–Kier alpha value is -1.60. The maximum atomic E-state index is 5.75. The average molecular weight is 320 g/mol. The van der Waals surface area contributed by atoms with E-state index < -0.39 is 0 Å². The van der Waals surface area contributed by atoms with E-state index in [-0.39, 0.29) is 12.2 Å². The highest BCUT2D eigenvalue weighted by molar-refractivity contribution is 5.15. The second kappa shape index (κ2) is 6.88. The van der Waals surface area contributed by atoms with Gasteiger partial charge in [-0.15, -0.1) is 0 Å². The summed E-state index contributed by atoms with van der Waals surface area (Å²) in [5.74, 6) is 3.36. The minimum atomic E-state index is 0.277. The second-order valence-electron chi connectivity index (χ2n) is 5.85. The highest BCUT2D eigenvalue weighted by atomic mass is 16.6. The van der Waals surface area contributed by atoms with Gasteiger partial charge in [0, 0.05) is 0 Å². The van der Waals surface area contributed by atoms with Crippen molar-refractivity contribution in [2.24, 2.45) is 0 Å². The van der Waals surface area contributed by atoms with Crippen molar-refractivity contribution >= 4 is 0 Å². The minimum Gasteiger partial charge on any atom is -0.463 e. The van der Waals surface area contributed by atoms with E-state index in [4.69, 9.17) is 27.8 Å². The van der Waals surface area contributed by atoms with Crippen LogP contribution in [0.25, 0.3) is 0 Å². The Labute approximate surface area is 134 Å². The zero-order chi connectivity index (χ0) is 15.5. The van der Waals surface area contributed by atoms with Crippen LogP contribution in [0.2, 0.25) is 0 Å². The third-order valence-electron chi connectivity index (χ3n) is 3.68. The molecule has 4 rings (SSSR count). The van der Waals surface area contributed by atoms with Crippen molar-refractivity contribution in [3.8, 4) is 0 Å². The maximum Gasteiger partial charge on any atom is 0.129 e. The van der Waals surface area contributed by atoms with Crippen LogP contribution in [0.5, 0.6) is 0 Å². The van der Waals surface area contributed by atoms with Gasteiger partial charge in [-0.1, -0.05) is 0 Å². The van der Waals surface area contributed by atoms with Gasteiger partial charge in [0.1, 0.15) is 48.5 Å². The molecular weight excluding hydrogens is 300 g/mol. The summed E-state index contributed by atoms with van der Waals surface area (Å²) in [5, 5.41) is 0. The van der Waals surface area contributed by atoms with Crippen LogP contribution >= 0.6 is 0 Å². The van der Waals surface area contributed by atoms with Gasteiger partial charge in [-0.05, 0) is 24.3 Å². The lowest BCUT2D eigenvalue weighted by atomic mass is 10.3. The van der Waals surface area contributed by atoms with Crippen molar-refractivity contribution in [3.05, 3.63) is 47.3 Å². The molecule has 2 saturated heterocycles. The first-order chi connectivity index (χ1) is 11.3. The van der Waals surface area contributed by atoms with Crippen molar-refractivity contribution < 1.29 is 27.8 Å². The number of hydrogen-bond donors (Lipinski definition) is 0. The monoisotopic (exact) mass is 320 g/mol. The van der Waals surface area contributed by atoms with Crippen molar-refractivity contribution in [1.29, 1.82) is 0 Å². The SMILES string of the molecule is c1cc(Cc2ccc(COCC3CO3)o2)oc1COCC1CO1. The molecule has 2 aromatic rings. The van der Waals surface area contributed by atoms with E-state index in [1.165, 1.54) is 0 Å². The summed E-state index contributed by atoms with van der Waals surface area (Å²) in [5.41, 5.74) is 0. The Kier molecular flexibility index (Phi) is 4.48. The van der Waals surface area contributed by atoms with Crippen molar-refractivity contribution in [2.75, 3.05) is 26.4 Å². The van der Waals surface area contributed by atoms with Gasteiger partial charge in [-0.3, -0.25) is 0 Å². The fraction of sp³-hybridized carbons (Fsp3) is 0.529. The van der Waals surface area contributed by atoms with Crippen LogP contribution in [0.3, 0.4) is 0 Å². The predicted molar refractivity (Wildman–Crippen MR) is 79.0 cm³/mol. The lowest BCUT2D eigenvalue weighted by molar-refractivity contribution is 0.0897. The molecule has 0 spiro atoms. The lowest BCUT2D eigenvalue weighted by Crippen LogP contribution is -2.00. The summed E-state index contributed by atoms with van der Waals surface area (Å²) in [6.45, 7) is 3.82. The van der Waals surface area contributed by atoms with E-state index in [1.807, 2.05) is 24.3 Å². The zero-order valence-electron chi connectivity index (χ0n) is 12.9. The Morgan fingerprint density at radius 2 is 1.17 bits per heavy atom. The predicted octanol–water partition coefficient (Wildman–Crippen LogP) is 2.29. The molecule has 2 fully saturated rings. The highest BCUT2D eigenvalue weighted by Crippen LogP contribution is 2.18. The van der Waals surface area contributed by atoms with Gasteiger partial charge < -0.3 is 27.8 Å². The molecular formula is C17H20O6. The van der Waals surface area contributed by atoms with Crippen LogP contribution in [-0.2, 0) is 38.6 Å². The summed E-state index contributed by atoms with van der Waals surface area (Å²) < 4.78 is 32.7. The molecule has 2 aliphatic heterocycles. The van der Waals surface area contributed by atoms with E-state index in [2.05, 4.69) is 0 Å². The summed E-state index contributed by atoms with van der Waals surface area (Å²) >= 11 is 0. The van der Waals surface area contributed by atoms with Gasteiger partial charge in [-0.2, -0.15) is 0 Å². The fourth-order valence-electron chi connectivity index (χ4n) is 2.27. The molecule has 2 aliphatic rings. The minimum absolute atomic E-state index is 0.277. The Morgan fingerprint density at radius 1 is 0.739 bits per heavy atom. The number of epoxide rings is 2. The quantitative estimate of drug-likeness (QED) is 0.626. The number of furan rings is 2. The molecule has 6 heteroatoms. The number of ether oxygens (including phenoxy) is 4. The van der Waals surface area contributed by atoms with Crippen LogP contribution in [0, 0.1) is 0 Å². The molecule has 0 radical (unpaired) electrons. The smallest absolute Gasteiger partial charge is 0.129 e. The van der Waals surface area contributed by atoms with Gasteiger partial charge >= 0.3 is 0 Å². The molecule has 0 bridgehead atoms. The molecule has 0 aromatic carbocycles. The molecule has 0 aliphatic carbocycles. The molecule has 6 nitrogen and oxygen atoms in total. The van der Waals surface area contributed by atoms with Crippen molar-refractivity contribution in [3.63, 3.8) is 0 Å². The Balaban J connectivity index is 1.22. The van der Waals surface area contributed by atoms with Crippen molar-refractivity contribution in [2.45, 2.75) is 31.8 Å². The third-order valence-corrected chi connectivity index (χ3v) is 3.68. The summed E-state index contributed by atoms with van der Waals surface area (Å²) in [6.07, 6.45) is 1.18. The van der Waals surface area contributed by atoms with Crippen LogP contribution in [0.15, 0.2) is 33.1 Å². The standard InChI is InChI=1S/C17H20O6/c1-3-14(6-18-8-16-10-20-16)22-12(1)5-13-2-4-15(23-13)7-19-9-17-11-21-17/h1-4,16-17H,5-11H2. The number of hydrogen-bond acceptors (Lipinski definition) is 6. The first kappa shape index (κ1) is 15.0. The summed E-state index contributed by atoms with van der Waals surface area (Å²) in [6, 6.07) is 7.78. The van der Waals surface area contributed by atoms with Gasteiger partial charge in [-0.25, -0.2) is 0 Å². The van der Waals surface area contributed by atoms with Crippen LogP contribution in [0.4, 0.5) is 0 Å². The van der Waals surface area contributed by atoms with Crippen molar-refractivity contribution in [1.82, 2.24) is 0 Å². The number of rotatable bonds is 10. The zero-order valence-corrected chi connectivity index (χ0v) is 12.9. The molecule has 0 amide bonds. The normalized spacial score (nSPS) is 22.4. The van der Waals surface area contributed by atoms with Gasteiger partial charge in [0.2, 0.25) is 0 Å². The molecule has 0 saturated carbocycles. The second-order valence-corrected chi connectivity index (χ2v) is 5.85. The van der Waals surface area contributed by atoms with Crippen LogP contribution in [0.1, 0.15) is 23.0 Å². The maximum absolute atomic E-state index is 5.75. The lowest BCUT2D eigenvalue weighted by Gasteiger charge is -1.99. The van der Waals surface area contributed by atoms with Crippen LogP contribution in [-0.4, -0.2) is 38.6 Å². The van der Waals surface area contributed by atoms with Gasteiger partial charge in [0.15, 0.2) is 0 Å². The van der Waals surface area contributed by atoms with Gasteiger partial charge in [0.05, 0.1) is 32.8 Å². The van der Waals surface area contributed by atoms with E-state index in [1.54, 1.807) is 0 Å². The highest BCUT2D eigenvalue weighted by Gasteiger charge is 2.23. The first-order valence-electron chi connectivity index (χ1n) is 7.89. The van der Waals surface area contributed by atoms with Crippen LogP contribution < -0.4 is 0 Å². The van der Waals surface area contributed by atoms with E-state index in [9.17, 15) is 0 Å². The summed E-state index contributed by atoms with van der Waals surface area (Å²) in [4.78, 5) is 0. The van der Waals surface area contributed by atoms with E-state index >= 15 is 0 Å². The molecule has 0 N–H and O–H groups in total. The fourth-order valence-corrected chi connectivity index (χ4v) is 2.27. The average Bonchev–Trinajstić information content (AvgIpc) is 3.45. The Morgan fingerprint density at radius 3 is 1.61 bits per heavy atom. The molecule has 4 heterocycles. The largest absolute Gasteiger partial charge is 0.463 e. The molecule has 124 valence electrons. The van der Waals surface area contributed by atoms with E-state index in [0.29, 0.717) is 32.8 Å². The van der Waals surface area contributed by atoms with Gasteiger partial charge in [0.25, 0.3) is 0 Å². The first-order valence-corrected chi connectivity index (χ1v) is 7.89.